The number of fused-ring (bicyclic) bond motifs is 1. The number of hydrogen-bond donors (Lipinski definition) is 2. The summed E-state index contributed by atoms with van der Waals surface area (Å²) in [6.07, 6.45) is 1.69. The van der Waals surface area contributed by atoms with Crippen LogP contribution >= 0.6 is 0 Å². The number of aromatic amines is 1. The standard InChI is InChI=1S/C19H25N5O2/c1-13-2-3-15-16(10-13)22-17(21-15)11-23-7-4-14(5-8-23)19(26)24-9-6-20-18(25)12-24/h2-3,10,14H,4-9,11-12H2,1H3,(H,20,25)(H,21,22). The molecule has 7 heteroatoms. The number of H-pyrrole nitrogens is 1. The van der Waals surface area contributed by atoms with E-state index in [2.05, 4.69) is 39.2 Å². The number of nitrogens with zero attached hydrogens (tertiary/aromatic N) is 3. The fourth-order valence-corrected chi connectivity index (χ4v) is 3.89. The second kappa shape index (κ2) is 7.07. The molecule has 0 atom stereocenters. The molecule has 0 saturated carbocycles. The van der Waals surface area contributed by atoms with Crippen molar-refractivity contribution in [2.75, 3.05) is 32.7 Å². The molecule has 1 aromatic carbocycles. The number of aryl methyl sites for hydroxylation is 1. The molecule has 138 valence electrons. The van der Waals surface area contributed by atoms with Crippen LogP contribution in [0.1, 0.15) is 24.2 Å². The minimum absolute atomic E-state index is 0.0375. The normalized spacial score (nSPS) is 19.7. The monoisotopic (exact) mass is 355 g/mol. The number of likely N-dealkylation sites (tertiary alicyclic amines) is 1. The largest absolute Gasteiger partial charge is 0.353 e. The molecule has 1 aromatic heterocycles. The summed E-state index contributed by atoms with van der Waals surface area (Å²) in [5.41, 5.74) is 3.30. The Balaban J connectivity index is 1.32. The first-order valence-corrected chi connectivity index (χ1v) is 9.31. The maximum Gasteiger partial charge on any atom is 0.239 e. The third-order valence-electron chi connectivity index (χ3n) is 5.35. The molecular formula is C19H25N5O2. The minimum atomic E-state index is -0.0536. The second-order valence-corrected chi connectivity index (χ2v) is 7.36. The van der Waals surface area contributed by atoms with Crippen molar-refractivity contribution in [2.24, 2.45) is 5.92 Å². The molecule has 0 bridgehead atoms. The Morgan fingerprint density at radius 3 is 2.85 bits per heavy atom. The fraction of sp³-hybridized carbons (Fsp3) is 0.526. The molecule has 0 unspecified atom stereocenters. The Labute approximate surface area is 152 Å². The summed E-state index contributed by atoms with van der Waals surface area (Å²) in [4.78, 5) is 36.2. The van der Waals surface area contributed by atoms with Crippen LogP contribution in [0.4, 0.5) is 0 Å². The average molecular weight is 355 g/mol. The fourth-order valence-electron chi connectivity index (χ4n) is 3.89. The van der Waals surface area contributed by atoms with Gasteiger partial charge >= 0.3 is 0 Å². The topological polar surface area (TPSA) is 81.3 Å². The van der Waals surface area contributed by atoms with Gasteiger partial charge in [-0.15, -0.1) is 0 Å². The van der Waals surface area contributed by atoms with E-state index in [1.54, 1.807) is 4.90 Å². The number of hydrogen-bond acceptors (Lipinski definition) is 4. The molecule has 26 heavy (non-hydrogen) atoms. The number of benzene rings is 1. The van der Waals surface area contributed by atoms with Crippen molar-refractivity contribution in [2.45, 2.75) is 26.3 Å². The molecule has 7 nitrogen and oxygen atoms in total. The van der Waals surface area contributed by atoms with Gasteiger partial charge in [-0.3, -0.25) is 14.5 Å². The Morgan fingerprint density at radius 1 is 1.27 bits per heavy atom. The van der Waals surface area contributed by atoms with Crippen LogP contribution in [-0.4, -0.2) is 64.3 Å². The number of piperidine rings is 1. The summed E-state index contributed by atoms with van der Waals surface area (Å²) in [5, 5.41) is 2.77. The van der Waals surface area contributed by atoms with Gasteiger partial charge in [0.15, 0.2) is 0 Å². The second-order valence-electron chi connectivity index (χ2n) is 7.36. The van der Waals surface area contributed by atoms with Crippen LogP contribution in [0.25, 0.3) is 11.0 Å². The van der Waals surface area contributed by atoms with Gasteiger partial charge in [-0.25, -0.2) is 4.98 Å². The molecule has 3 heterocycles. The molecule has 2 saturated heterocycles. The van der Waals surface area contributed by atoms with Crippen molar-refractivity contribution in [3.63, 3.8) is 0 Å². The highest BCUT2D eigenvalue weighted by Crippen LogP contribution is 2.22. The molecule has 2 aromatic rings. The number of carbonyl (C=O) groups excluding carboxylic acids is 2. The molecular weight excluding hydrogens is 330 g/mol. The lowest BCUT2D eigenvalue weighted by Crippen LogP contribution is -2.52. The number of amides is 2. The molecule has 0 spiro atoms. The maximum absolute atomic E-state index is 12.6. The highest BCUT2D eigenvalue weighted by atomic mass is 16.2. The molecule has 0 radical (unpaired) electrons. The van der Waals surface area contributed by atoms with Gasteiger partial charge < -0.3 is 15.2 Å². The van der Waals surface area contributed by atoms with E-state index < -0.39 is 0 Å². The number of nitrogens with one attached hydrogen (secondary N) is 2. The smallest absolute Gasteiger partial charge is 0.239 e. The van der Waals surface area contributed by atoms with Crippen molar-refractivity contribution in [1.29, 1.82) is 0 Å². The number of carbonyl (C=O) groups is 2. The Morgan fingerprint density at radius 2 is 2.08 bits per heavy atom. The Kier molecular flexibility index (Phi) is 4.63. The van der Waals surface area contributed by atoms with Gasteiger partial charge in [0.1, 0.15) is 5.82 Å². The van der Waals surface area contributed by atoms with Gasteiger partial charge in [-0.05, 0) is 50.6 Å². The van der Waals surface area contributed by atoms with Crippen molar-refractivity contribution in [3.8, 4) is 0 Å². The SMILES string of the molecule is Cc1ccc2nc(CN3CCC(C(=O)N4CCNC(=O)C4)CC3)[nH]c2c1. The first-order valence-electron chi connectivity index (χ1n) is 9.31. The third-order valence-corrected chi connectivity index (χ3v) is 5.35. The summed E-state index contributed by atoms with van der Waals surface area (Å²) in [6, 6.07) is 6.24. The van der Waals surface area contributed by atoms with E-state index in [9.17, 15) is 9.59 Å². The lowest BCUT2D eigenvalue weighted by atomic mass is 9.95. The molecule has 2 N–H and O–H groups in total. The Bertz CT molecular complexity index is 822. The number of piperazine rings is 1. The lowest BCUT2D eigenvalue weighted by Gasteiger charge is -2.35. The van der Waals surface area contributed by atoms with Crippen molar-refractivity contribution in [3.05, 3.63) is 29.6 Å². The van der Waals surface area contributed by atoms with Crippen LogP contribution in [0.5, 0.6) is 0 Å². The van der Waals surface area contributed by atoms with Gasteiger partial charge in [-0.1, -0.05) is 6.07 Å². The molecule has 0 aliphatic carbocycles. The van der Waals surface area contributed by atoms with E-state index >= 15 is 0 Å². The summed E-state index contributed by atoms with van der Waals surface area (Å²) < 4.78 is 0. The zero-order chi connectivity index (χ0) is 18.1. The van der Waals surface area contributed by atoms with E-state index in [0.29, 0.717) is 13.1 Å². The van der Waals surface area contributed by atoms with Crippen molar-refractivity contribution >= 4 is 22.8 Å². The van der Waals surface area contributed by atoms with Gasteiger partial charge in [0, 0.05) is 19.0 Å². The van der Waals surface area contributed by atoms with Gasteiger partial charge in [0.2, 0.25) is 11.8 Å². The predicted octanol–water partition coefficient (Wildman–Crippen LogP) is 1.04. The minimum Gasteiger partial charge on any atom is -0.353 e. The zero-order valence-corrected chi connectivity index (χ0v) is 15.1. The quantitative estimate of drug-likeness (QED) is 0.862. The lowest BCUT2D eigenvalue weighted by molar-refractivity contribution is -0.142. The van der Waals surface area contributed by atoms with Gasteiger partial charge in [-0.2, -0.15) is 0 Å². The first-order chi connectivity index (χ1) is 12.6. The molecule has 2 fully saturated rings. The van der Waals surface area contributed by atoms with Crippen LogP contribution in [0.2, 0.25) is 0 Å². The van der Waals surface area contributed by atoms with Crippen LogP contribution in [0.3, 0.4) is 0 Å². The predicted molar refractivity (Wildman–Crippen MR) is 98.4 cm³/mol. The Hall–Kier alpha value is -2.41. The van der Waals surface area contributed by atoms with Crippen LogP contribution in [0.15, 0.2) is 18.2 Å². The van der Waals surface area contributed by atoms with E-state index in [-0.39, 0.29) is 24.3 Å². The first kappa shape index (κ1) is 17.0. The number of aromatic nitrogens is 2. The molecule has 2 amide bonds. The van der Waals surface area contributed by atoms with Crippen LogP contribution < -0.4 is 5.32 Å². The average Bonchev–Trinajstić information content (AvgIpc) is 3.03. The van der Waals surface area contributed by atoms with Crippen molar-refractivity contribution < 1.29 is 9.59 Å². The molecule has 2 aliphatic rings. The van der Waals surface area contributed by atoms with E-state index in [1.807, 2.05) is 6.07 Å². The van der Waals surface area contributed by atoms with E-state index in [4.69, 9.17) is 0 Å². The highest BCUT2D eigenvalue weighted by Gasteiger charge is 2.30. The van der Waals surface area contributed by atoms with E-state index in [0.717, 1.165) is 49.3 Å². The van der Waals surface area contributed by atoms with E-state index in [1.165, 1.54) is 5.56 Å². The van der Waals surface area contributed by atoms with Gasteiger partial charge in [0.05, 0.1) is 24.1 Å². The summed E-state index contributed by atoms with van der Waals surface area (Å²) >= 11 is 0. The van der Waals surface area contributed by atoms with Gasteiger partial charge in [0.25, 0.3) is 0 Å². The van der Waals surface area contributed by atoms with Crippen molar-refractivity contribution in [1.82, 2.24) is 25.1 Å². The maximum atomic E-state index is 12.6. The highest BCUT2D eigenvalue weighted by molar-refractivity contribution is 5.87. The summed E-state index contributed by atoms with van der Waals surface area (Å²) in [6.45, 7) is 6.02. The van der Waals surface area contributed by atoms with Crippen LogP contribution in [0, 0.1) is 12.8 Å². The number of rotatable bonds is 3. The summed E-state index contributed by atoms with van der Waals surface area (Å²) in [7, 11) is 0. The van der Waals surface area contributed by atoms with Crippen LogP contribution in [-0.2, 0) is 16.1 Å². The zero-order valence-electron chi connectivity index (χ0n) is 15.1. The molecule has 2 aliphatic heterocycles. The summed E-state index contributed by atoms with van der Waals surface area (Å²) in [5.74, 6) is 1.10. The molecule has 4 rings (SSSR count). The number of imidazole rings is 1. The third kappa shape index (κ3) is 3.58.